The van der Waals surface area contributed by atoms with Crippen LogP contribution >= 0.6 is 0 Å². The molecule has 3 fully saturated rings. The Bertz CT molecular complexity index is 548. The van der Waals surface area contributed by atoms with Crippen LogP contribution in [0.1, 0.15) is 69.0 Å². The molecule has 2 saturated carbocycles. The highest BCUT2D eigenvalue weighted by Crippen LogP contribution is 2.42. The third kappa shape index (κ3) is 4.22. The quantitative estimate of drug-likeness (QED) is 0.739. The molecule has 2 heterocycles. The molecule has 25 heavy (non-hydrogen) atoms. The van der Waals surface area contributed by atoms with Crippen LogP contribution in [0, 0.1) is 0 Å². The topological polar surface area (TPSA) is 89.6 Å². The molecular weight excluding hydrogens is 322 g/mol. The number of nitrogens with one attached hydrogen (secondary N) is 1. The molecule has 1 aromatic heterocycles. The van der Waals surface area contributed by atoms with Gasteiger partial charge in [-0.25, -0.2) is 0 Å². The number of nitrogens with zero attached hydrogens (tertiary/aromatic N) is 2. The first-order valence-electron chi connectivity index (χ1n) is 9.72. The SMILES string of the molecule is OC(CNC1(c2noc(C3CC3)n2)CCCC1)COC1CCOCC1. The Hall–Kier alpha value is -1.02. The van der Waals surface area contributed by atoms with Gasteiger partial charge in [0.05, 0.1) is 24.4 Å². The lowest BCUT2D eigenvalue weighted by Gasteiger charge is -2.29. The molecule has 4 rings (SSSR count). The third-order valence-corrected chi connectivity index (χ3v) is 5.62. The number of ether oxygens (including phenoxy) is 2. The fraction of sp³-hybridized carbons (Fsp3) is 0.889. The van der Waals surface area contributed by atoms with E-state index in [0.717, 1.165) is 76.3 Å². The molecule has 1 atom stereocenters. The van der Waals surface area contributed by atoms with E-state index in [4.69, 9.17) is 14.0 Å². The Morgan fingerprint density at radius 3 is 2.68 bits per heavy atom. The van der Waals surface area contributed by atoms with Crippen molar-refractivity contribution in [3.63, 3.8) is 0 Å². The summed E-state index contributed by atoms with van der Waals surface area (Å²) in [7, 11) is 0. The molecule has 3 aliphatic rings. The molecular formula is C18H29N3O4. The predicted molar refractivity (Wildman–Crippen MR) is 90.2 cm³/mol. The van der Waals surface area contributed by atoms with Crippen LogP contribution in [0.25, 0.3) is 0 Å². The Balaban J connectivity index is 1.30. The molecule has 7 heteroatoms. The molecule has 1 saturated heterocycles. The summed E-state index contributed by atoms with van der Waals surface area (Å²) in [5, 5.41) is 18.1. The van der Waals surface area contributed by atoms with Gasteiger partial charge in [0.25, 0.3) is 0 Å². The highest BCUT2D eigenvalue weighted by molar-refractivity contribution is 5.11. The summed E-state index contributed by atoms with van der Waals surface area (Å²) >= 11 is 0. The molecule has 1 aromatic rings. The van der Waals surface area contributed by atoms with Crippen LogP contribution in [0.15, 0.2) is 4.52 Å². The zero-order valence-electron chi connectivity index (χ0n) is 14.8. The average molecular weight is 351 g/mol. The fourth-order valence-corrected chi connectivity index (χ4v) is 3.85. The van der Waals surface area contributed by atoms with Gasteiger partial charge in [-0.2, -0.15) is 4.98 Å². The molecule has 2 aliphatic carbocycles. The summed E-state index contributed by atoms with van der Waals surface area (Å²) in [6.07, 6.45) is 8.10. The van der Waals surface area contributed by atoms with Gasteiger partial charge >= 0.3 is 0 Å². The van der Waals surface area contributed by atoms with Crippen molar-refractivity contribution >= 4 is 0 Å². The molecule has 1 aliphatic heterocycles. The molecule has 0 spiro atoms. The monoisotopic (exact) mass is 351 g/mol. The zero-order valence-corrected chi connectivity index (χ0v) is 14.8. The van der Waals surface area contributed by atoms with Gasteiger partial charge in [-0.1, -0.05) is 18.0 Å². The van der Waals surface area contributed by atoms with Gasteiger partial charge in [0.2, 0.25) is 5.89 Å². The van der Waals surface area contributed by atoms with E-state index in [2.05, 4.69) is 15.5 Å². The van der Waals surface area contributed by atoms with Crippen LogP contribution in [0.2, 0.25) is 0 Å². The van der Waals surface area contributed by atoms with Gasteiger partial charge < -0.3 is 24.4 Å². The molecule has 140 valence electrons. The molecule has 0 amide bonds. The minimum absolute atomic E-state index is 0.210. The lowest BCUT2D eigenvalue weighted by molar-refractivity contribution is -0.0596. The second-order valence-corrected chi connectivity index (χ2v) is 7.70. The van der Waals surface area contributed by atoms with Crippen molar-refractivity contribution in [3.05, 3.63) is 11.7 Å². The smallest absolute Gasteiger partial charge is 0.229 e. The summed E-state index contributed by atoms with van der Waals surface area (Å²) in [6, 6.07) is 0. The minimum atomic E-state index is -0.532. The Morgan fingerprint density at radius 1 is 1.20 bits per heavy atom. The number of rotatable bonds is 8. The maximum atomic E-state index is 10.3. The van der Waals surface area contributed by atoms with Crippen molar-refractivity contribution < 1.29 is 19.1 Å². The van der Waals surface area contributed by atoms with E-state index >= 15 is 0 Å². The van der Waals surface area contributed by atoms with Crippen molar-refractivity contribution in [1.82, 2.24) is 15.5 Å². The van der Waals surface area contributed by atoms with Crippen molar-refractivity contribution in [1.29, 1.82) is 0 Å². The number of hydrogen-bond donors (Lipinski definition) is 2. The molecule has 1 unspecified atom stereocenters. The summed E-state index contributed by atoms with van der Waals surface area (Å²) in [5.74, 6) is 2.02. The highest BCUT2D eigenvalue weighted by Gasteiger charge is 2.41. The Kier molecular flexibility index (Phi) is 5.36. The first kappa shape index (κ1) is 17.4. The first-order valence-corrected chi connectivity index (χ1v) is 9.72. The van der Waals surface area contributed by atoms with Crippen LogP contribution in [-0.2, 0) is 15.0 Å². The minimum Gasteiger partial charge on any atom is -0.389 e. The maximum Gasteiger partial charge on any atom is 0.229 e. The molecule has 0 aromatic carbocycles. The molecule has 2 N–H and O–H groups in total. The largest absolute Gasteiger partial charge is 0.389 e. The first-order chi connectivity index (χ1) is 12.3. The van der Waals surface area contributed by atoms with Crippen molar-refractivity contribution in [2.45, 2.75) is 75.0 Å². The molecule has 0 bridgehead atoms. The second-order valence-electron chi connectivity index (χ2n) is 7.70. The van der Waals surface area contributed by atoms with E-state index in [1.807, 2.05) is 0 Å². The lowest BCUT2D eigenvalue weighted by atomic mass is 9.96. The fourth-order valence-electron chi connectivity index (χ4n) is 3.85. The Labute approximate surface area is 148 Å². The summed E-state index contributed by atoms with van der Waals surface area (Å²) in [6.45, 7) is 2.34. The van der Waals surface area contributed by atoms with Crippen molar-refractivity contribution in [2.24, 2.45) is 0 Å². The van der Waals surface area contributed by atoms with Gasteiger partial charge in [-0.05, 0) is 38.5 Å². The van der Waals surface area contributed by atoms with Gasteiger partial charge in [0.1, 0.15) is 0 Å². The maximum absolute atomic E-state index is 10.3. The summed E-state index contributed by atoms with van der Waals surface area (Å²) in [5.41, 5.74) is -0.254. The normalized spacial score (nSPS) is 25.3. The second kappa shape index (κ2) is 7.70. The van der Waals surface area contributed by atoms with E-state index in [0.29, 0.717) is 19.1 Å². The number of hydrogen-bond acceptors (Lipinski definition) is 7. The summed E-state index contributed by atoms with van der Waals surface area (Å²) in [4.78, 5) is 4.66. The van der Waals surface area contributed by atoms with E-state index in [-0.39, 0.29) is 11.6 Å². The van der Waals surface area contributed by atoms with Crippen LogP contribution in [-0.4, -0.2) is 53.8 Å². The van der Waals surface area contributed by atoms with Crippen LogP contribution in [0.3, 0.4) is 0 Å². The van der Waals surface area contributed by atoms with E-state index in [1.165, 1.54) is 0 Å². The van der Waals surface area contributed by atoms with Crippen LogP contribution in [0.4, 0.5) is 0 Å². The van der Waals surface area contributed by atoms with E-state index in [1.54, 1.807) is 0 Å². The van der Waals surface area contributed by atoms with Crippen molar-refractivity contribution in [2.75, 3.05) is 26.4 Å². The molecule has 0 radical (unpaired) electrons. The highest BCUT2D eigenvalue weighted by atomic mass is 16.5. The lowest BCUT2D eigenvalue weighted by Crippen LogP contribution is -2.45. The number of aromatic nitrogens is 2. The van der Waals surface area contributed by atoms with E-state index in [9.17, 15) is 5.11 Å². The Morgan fingerprint density at radius 2 is 1.96 bits per heavy atom. The number of aliphatic hydroxyl groups is 1. The van der Waals surface area contributed by atoms with Gasteiger partial charge in [-0.3, -0.25) is 0 Å². The zero-order chi connectivity index (χ0) is 17.1. The standard InChI is InChI=1S/C18H29N3O4/c22-14(12-24-15-5-9-23-10-6-15)11-19-18(7-1-2-8-18)17-20-16(25-21-17)13-3-4-13/h13-15,19,22H,1-12H2. The van der Waals surface area contributed by atoms with E-state index < -0.39 is 6.10 Å². The van der Waals surface area contributed by atoms with Gasteiger partial charge in [-0.15, -0.1) is 0 Å². The van der Waals surface area contributed by atoms with Gasteiger partial charge in [0.15, 0.2) is 5.82 Å². The van der Waals surface area contributed by atoms with Gasteiger partial charge in [0, 0.05) is 25.7 Å². The third-order valence-electron chi connectivity index (χ3n) is 5.62. The van der Waals surface area contributed by atoms with Crippen molar-refractivity contribution in [3.8, 4) is 0 Å². The number of aliphatic hydroxyl groups excluding tert-OH is 1. The predicted octanol–water partition coefficient (Wildman–Crippen LogP) is 1.86. The molecule has 7 nitrogen and oxygen atoms in total. The van der Waals surface area contributed by atoms with Crippen LogP contribution < -0.4 is 5.32 Å². The summed E-state index contributed by atoms with van der Waals surface area (Å²) < 4.78 is 16.6. The average Bonchev–Trinajstić information content (AvgIpc) is 3.18. The van der Waals surface area contributed by atoms with Crippen LogP contribution in [0.5, 0.6) is 0 Å².